The van der Waals surface area contributed by atoms with E-state index < -0.39 is 17.4 Å². The SMILES string of the molecule is CCC(C(=O)N1CC(=O)NC(=O)C1(C)C)c1ccccc1. The molecule has 2 rings (SSSR count). The molecule has 0 radical (unpaired) electrons. The minimum absolute atomic E-state index is 0.0824. The van der Waals surface area contributed by atoms with Crippen LogP contribution in [0, 0.1) is 0 Å². The van der Waals surface area contributed by atoms with Crippen LogP contribution in [-0.4, -0.2) is 34.7 Å². The predicted molar refractivity (Wildman–Crippen MR) is 78.4 cm³/mol. The van der Waals surface area contributed by atoms with Gasteiger partial charge in [-0.2, -0.15) is 0 Å². The van der Waals surface area contributed by atoms with Gasteiger partial charge in [0.15, 0.2) is 0 Å². The van der Waals surface area contributed by atoms with E-state index in [9.17, 15) is 14.4 Å². The molecule has 1 aromatic rings. The van der Waals surface area contributed by atoms with E-state index in [4.69, 9.17) is 0 Å². The average molecular weight is 288 g/mol. The molecule has 1 aliphatic rings. The van der Waals surface area contributed by atoms with Gasteiger partial charge in [-0.3, -0.25) is 19.7 Å². The van der Waals surface area contributed by atoms with E-state index in [1.54, 1.807) is 13.8 Å². The number of piperazine rings is 1. The first-order valence-corrected chi connectivity index (χ1v) is 7.08. The minimum atomic E-state index is -1.02. The monoisotopic (exact) mass is 288 g/mol. The Hall–Kier alpha value is -2.17. The van der Waals surface area contributed by atoms with Crippen molar-refractivity contribution in [3.63, 3.8) is 0 Å². The van der Waals surface area contributed by atoms with Crippen molar-refractivity contribution in [3.8, 4) is 0 Å². The fraction of sp³-hybridized carbons (Fsp3) is 0.438. The zero-order valence-corrected chi connectivity index (χ0v) is 12.6. The van der Waals surface area contributed by atoms with Gasteiger partial charge in [-0.15, -0.1) is 0 Å². The topological polar surface area (TPSA) is 66.5 Å². The van der Waals surface area contributed by atoms with Crippen LogP contribution in [0.4, 0.5) is 0 Å². The molecule has 0 spiro atoms. The van der Waals surface area contributed by atoms with Crippen LogP contribution in [0.25, 0.3) is 0 Å². The highest BCUT2D eigenvalue weighted by atomic mass is 16.2. The zero-order valence-electron chi connectivity index (χ0n) is 12.6. The summed E-state index contributed by atoms with van der Waals surface area (Å²) in [6, 6.07) is 9.44. The molecule has 0 aliphatic carbocycles. The molecular weight excluding hydrogens is 268 g/mol. The molecular formula is C16H20N2O3. The Morgan fingerprint density at radius 1 is 1.29 bits per heavy atom. The lowest BCUT2D eigenvalue weighted by Gasteiger charge is -2.41. The first-order chi connectivity index (χ1) is 9.87. The van der Waals surface area contributed by atoms with Gasteiger partial charge in [0, 0.05) is 0 Å². The number of amides is 3. The second-order valence-corrected chi connectivity index (χ2v) is 5.73. The van der Waals surface area contributed by atoms with Gasteiger partial charge in [0.2, 0.25) is 11.8 Å². The summed E-state index contributed by atoms with van der Waals surface area (Å²) in [6.45, 7) is 5.16. The van der Waals surface area contributed by atoms with Crippen molar-refractivity contribution in [3.05, 3.63) is 35.9 Å². The molecule has 0 saturated carbocycles. The van der Waals surface area contributed by atoms with E-state index in [0.29, 0.717) is 6.42 Å². The van der Waals surface area contributed by atoms with Crippen molar-refractivity contribution in [2.45, 2.75) is 38.6 Å². The van der Waals surface area contributed by atoms with Crippen LogP contribution in [0.5, 0.6) is 0 Å². The Morgan fingerprint density at radius 2 is 1.90 bits per heavy atom. The van der Waals surface area contributed by atoms with Gasteiger partial charge in [-0.1, -0.05) is 37.3 Å². The minimum Gasteiger partial charge on any atom is -0.319 e. The van der Waals surface area contributed by atoms with Gasteiger partial charge in [0.25, 0.3) is 5.91 Å². The summed E-state index contributed by atoms with van der Waals surface area (Å²) in [5, 5.41) is 2.28. The zero-order chi connectivity index (χ0) is 15.6. The maximum atomic E-state index is 12.8. The first kappa shape index (κ1) is 15.2. The number of nitrogens with zero attached hydrogens (tertiary/aromatic N) is 1. The molecule has 5 heteroatoms. The number of nitrogens with one attached hydrogen (secondary N) is 1. The molecule has 1 aromatic carbocycles. The molecule has 1 saturated heterocycles. The Bertz CT molecular complexity index is 566. The third-order valence-corrected chi connectivity index (χ3v) is 3.96. The van der Waals surface area contributed by atoms with Crippen molar-refractivity contribution < 1.29 is 14.4 Å². The van der Waals surface area contributed by atoms with Gasteiger partial charge in [-0.25, -0.2) is 0 Å². The first-order valence-electron chi connectivity index (χ1n) is 7.08. The Balaban J connectivity index is 2.32. The third kappa shape index (κ3) is 2.82. The van der Waals surface area contributed by atoms with Crippen molar-refractivity contribution in [1.82, 2.24) is 10.2 Å². The molecule has 0 aromatic heterocycles. The number of carbonyl (C=O) groups is 3. The second-order valence-electron chi connectivity index (χ2n) is 5.73. The van der Waals surface area contributed by atoms with E-state index in [0.717, 1.165) is 5.56 Å². The van der Waals surface area contributed by atoms with E-state index in [2.05, 4.69) is 5.32 Å². The molecule has 1 unspecified atom stereocenters. The molecule has 0 bridgehead atoms. The van der Waals surface area contributed by atoms with Crippen molar-refractivity contribution in [2.75, 3.05) is 6.54 Å². The van der Waals surface area contributed by atoms with Crippen LogP contribution in [0.15, 0.2) is 30.3 Å². The standard InChI is InChI=1S/C16H20N2O3/c1-4-12(11-8-6-5-7-9-11)14(20)18-10-13(19)17-15(21)16(18,2)3/h5-9,12H,4,10H2,1-3H3,(H,17,19,21). The highest BCUT2D eigenvalue weighted by Crippen LogP contribution is 2.27. The summed E-state index contributed by atoms with van der Waals surface area (Å²) in [5.41, 5.74) is -0.119. The molecule has 1 fully saturated rings. The maximum absolute atomic E-state index is 12.8. The normalized spacial score (nSPS) is 19.1. The van der Waals surface area contributed by atoms with Crippen LogP contribution < -0.4 is 5.32 Å². The van der Waals surface area contributed by atoms with Gasteiger partial charge < -0.3 is 4.90 Å². The van der Waals surface area contributed by atoms with E-state index in [1.807, 2.05) is 37.3 Å². The molecule has 112 valence electrons. The average Bonchev–Trinajstić information content (AvgIpc) is 2.45. The Labute approximate surface area is 124 Å². The number of imide groups is 1. The van der Waals surface area contributed by atoms with E-state index in [-0.39, 0.29) is 18.4 Å². The van der Waals surface area contributed by atoms with Crippen LogP contribution in [0.3, 0.4) is 0 Å². The van der Waals surface area contributed by atoms with Crippen LogP contribution in [0.1, 0.15) is 38.7 Å². The number of carbonyl (C=O) groups excluding carboxylic acids is 3. The summed E-state index contributed by atoms with van der Waals surface area (Å²) < 4.78 is 0. The number of benzene rings is 1. The molecule has 1 N–H and O–H groups in total. The van der Waals surface area contributed by atoms with Gasteiger partial charge >= 0.3 is 0 Å². The summed E-state index contributed by atoms with van der Waals surface area (Å²) in [7, 11) is 0. The Morgan fingerprint density at radius 3 is 2.48 bits per heavy atom. The van der Waals surface area contributed by atoms with E-state index in [1.165, 1.54) is 4.90 Å². The molecule has 1 heterocycles. The third-order valence-electron chi connectivity index (χ3n) is 3.96. The molecule has 5 nitrogen and oxygen atoms in total. The predicted octanol–water partition coefficient (Wildman–Crippen LogP) is 1.44. The lowest BCUT2D eigenvalue weighted by Crippen LogP contribution is -2.66. The molecule has 1 aliphatic heterocycles. The van der Waals surface area contributed by atoms with Crippen LogP contribution in [0.2, 0.25) is 0 Å². The number of hydrogen-bond acceptors (Lipinski definition) is 3. The van der Waals surface area contributed by atoms with Gasteiger partial charge in [-0.05, 0) is 25.8 Å². The molecule has 1 atom stereocenters. The fourth-order valence-corrected chi connectivity index (χ4v) is 2.56. The molecule has 3 amide bonds. The largest absolute Gasteiger partial charge is 0.319 e. The Kier molecular flexibility index (Phi) is 4.11. The lowest BCUT2D eigenvalue weighted by atomic mass is 9.91. The van der Waals surface area contributed by atoms with Gasteiger partial charge in [0.05, 0.1) is 5.92 Å². The summed E-state index contributed by atoms with van der Waals surface area (Å²) >= 11 is 0. The van der Waals surface area contributed by atoms with Crippen molar-refractivity contribution in [1.29, 1.82) is 0 Å². The number of rotatable bonds is 3. The van der Waals surface area contributed by atoms with Gasteiger partial charge in [0.1, 0.15) is 12.1 Å². The maximum Gasteiger partial charge on any atom is 0.252 e. The second kappa shape index (κ2) is 5.68. The summed E-state index contributed by atoms with van der Waals surface area (Å²) in [4.78, 5) is 37.8. The summed E-state index contributed by atoms with van der Waals surface area (Å²) in [5.74, 6) is -1.40. The van der Waals surface area contributed by atoms with Crippen LogP contribution >= 0.6 is 0 Å². The quantitative estimate of drug-likeness (QED) is 0.856. The summed E-state index contributed by atoms with van der Waals surface area (Å²) in [6.07, 6.45) is 0.616. The number of hydrogen-bond donors (Lipinski definition) is 1. The van der Waals surface area contributed by atoms with Crippen molar-refractivity contribution >= 4 is 17.7 Å². The fourth-order valence-electron chi connectivity index (χ4n) is 2.56. The van der Waals surface area contributed by atoms with E-state index >= 15 is 0 Å². The van der Waals surface area contributed by atoms with Crippen molar-refractivity contribution in [2.24, 2.45) is 0 Å². The lowest BCUT2D eigenvalue weighted by molar-refractivity contribution is -0.156. The highest BCUT2D eigenvalue weighted by Gasteiger charge is 2.45. The smallest absolute Gasteiger partial charge is 0.252 e. The van der Waals surface area contributed by atoms with Crippen LogP contribution in [-0.2, 0) is 14.4 Å². The molecule has 21 heavy (non-hydrogen) atoms. The highest BCUT2D eigenvalue weighted by molar-refractivity contribution is 6.06.